The summed E-state index contributed by atoms with van der Waals surface area (Å²) in [7, 11) is 1.59. The number of hydrogen-bond acceptors (Lipinski definition) is 7. The summed E-state index contributed by atoms with van der Waals surface area (Å²) in [6, 6.07) is 10.5. The molecule has 0 aliphatic carbocycles. The number of rotatable bonds is 5. The molecule has 1 aliphatic rings. The number of allylic oxidation sites excluding steroid dienone is 1. The van der Waals surface area contributed by atoms with E-state index in [0.717, 1.165) is 22.3 Å². The van der Waals surface area contributed by atoms with Crippen molar-refractivity contribution in [1.82, 2.24) is 4.57 Å². The van der Waals surface area contributed by atoms with Crippen molar-refractivity contribution in [2.75, 3.05) is 13.7 Å². The van der Waals surface area contributed by atoms with Crippen molar-refractivity contribution in [1.29, 1.82) is 0 Å². The van der Waals surface area contributed by atoms with Gasteiger partial charge in [-0.25, -0.2) is 9.79 Å². The highest BCUT2D eigenvalue weighted by atomic mass is 32.1. The normalized spacial score (nSPS) is 16.0. The minimum Gasteiger partial charge on any atom is -0.507 e. The topological polar surface area (TPSA) is 90.1 Å². The number of phenols is 1. The molecule has 0 unspecified atom stereocenters. The van der Waals surface area contributed by atoms with Crippen LogP contribution >= 0.6 is 11.3 Å². The third-order valence-corrected chi connectivity index (χ3v) is 7.98. The maximum atomic E-state index is 14.0. The van der Waals surface area contributed by atoms with Crippen LogP contribution in [0.4, 0.5) is 0 Å². The van der Waals surface area contributed by atoms with Gasteiger partial charge in [-0.15, -0.1) is 0 Å². The van der Waals surface area contributed by atoms with Gasteiger partial charge in [0, 0.05) is 11.1 Å². The first-order chi connectivity index (χ1) is 18.7. The first-order valence-corrected chi connectivity index (χ1v) is 14.2. The van der Waals surface area contributed by atoms with Crippen LogP contribution in [-0.4, -0.2) is 29.4 Å². The van der Waals surface area contributed by atoms with Crippen LogP contribution in [0.5, 0.6) is 11.5 Å². The van der Waals surface area contributed by atoms with Crippen LogP contribution in [-0.2, 0) is 20.4 Å². The van der Waals surface area contributed by atoms with E-state index in [1.807, 2.05) is 42.5 Å². The Morgan fingerprint density at radius 1 is 1.07 bits per heavy atom. The van der Waals surface area contributed by atoms with Gasteiger partial charge in [0.1, 0.15) is 11.5 Å². The molecular weight excluding hydrogens is 524 g/mol. The van der Waals surface area contributed by atoms with E-state index in [0.29, 0.717) is 26.4 Å². The zero-order valence-electron chi connectivity index (χ0n) is 24.7. The minimum absolute atomic E-state index is 0.211. The number of phenolic OH excluding ortho intramolecular Hbond substituents is 1. The maximum absolute atomic E-state index is 14.0. The molecule has 0 radical (unpaired) electrons. The average molecular weight is 563 g/mol. The molecular formula is C32H38N2O5S. The maximum Gasteiger partial charge on any atom is 0.338 e. The number of carbonyl (C=O) groups excluding carboxylic acids is 1. The van der Waals surface area contributed by atoms with Crippen LogP contribution < -0.4 is 19.6 Å². The van der Waals surface area contributed by atoms with Crippen LogP contribution in [0.25, 0.3) is 6.08 Å². The number of methoxy groups -OCH3 is 1. The van der Waals surface area contributed by atoms with Gasteiger partial charge in [0.2, 0.25) is 0 Å². The van der Waals surface area contributed by atoms with E-state index in [4.69, 9.17) is 9.47 Å². The number of thiazole rings is 1. The van der Waals surface area contributed by atoms with E-state index >= 15 is 0 Å². The Morgan fingerprint density at radius 2 is 1.65 bits per heavy atom. The number of carbonyl (C=O) groups is 1. The Hall–Kier alpha value is -3.65. The fourth-order valence-corrected chi connectivity index (χ4v) is 5.97. The molecule has 2 aromatic carbocycles. The molecule has 0 saturated heterocycles. The average Bonchev–Trinajstić information content (AvgIpc) is 3.17. The van der Waals surface area contributed by atoms with Crippen molar-refractivity contribution in [2.45, 2.75) is 72.3 Å². The molecule has 0 amide bonds. The van der Waals surface area contributed by atoms with Crippen LogP contribution in [0.15, 0.2) is 57.5 Å². The molecule has 8 heteroatoms. The first-order valence-electron chi connectivity index (χ1n) is 13.4. The van der Waals surface area contributed by atoms with Gasteiger partial charge < -0.3 is 14.6 Å². The largest absolute Gasteiger partial charge is 0.507 e. The predicted molar refractivity (Wildman–Crippen MR) is 159 cm³/mol. The molecule has 3 aromatic rings. The number of fused-ring (bicyclic) bond motifs is 1. The summed E-state index contributed by atoms with van der Waals surface area (Å²) < 4.78 is 12.8. The fraction of sp³-hybridized carbons (Fsp3) is 0.406. The summed E-state index contributed by atoms with van der Waals surface area (Å²) in [4.78, 5) is 32.3. The molecule has 2 heterocycles. The summed E-state index contributed by atoms with van der Waals surface area (Å²) in [5.41, 5.74) is 3.19. The molecule has 40 heavy (non-hydrogen) atoms. The van der Waals surface area contributed by atoms with E-state index in [-0.39, 0.29) is 28.7 Å². The number of esters is 1. The third kappa shape index (κ3) is 5.50. The second-order valence-electron chi connectivity index (χ2n) is 12.0. The Kier molecular flexibility index (Phi) is 7.87. The van der Waals surface area contributed by atoms with E-state index in [1.54, 1.807) is 25.5 Å². The van der Waals surface area contributed by atoms with Crippen LogP contribution in [0.1, 0.15) is 83.7 Å². The number of aromatic hydroxyl groups is 1. The molecule has 1 atom stereocenters. The highest BCUT2D eigenvalue weighted by Crippen LogP contribution is 2.40. The molecule has 1 aromatic heterocycles. The van der Waals surface area contributed by atoms with Gasteiger partial charge in [0.05, 0.1) is 35.6 Å². The second kappa shape index (κ2) is 10.7. The monoisotopic (exact) mass is 562 g/mol. The molecule has 0 saturated carbocycles. The Balaban J connectivity index is 1.98. The minimum atomic E-state index is -0.696. The van der Waals surface area contributed by atoms with Gasteiger partial charge in [0.25, 0.3) is 5.56 Å². The van der Waals surface area contributed by atoms with Gasteiger partial charge >= 0.3 is 5.97 Å². The smallest absolute Gasteiger partial charge is 0.338 e. The zero-order chi connectivity index (χ0) is 29.6. The summed E-state index contributed by atoms with van der Waals surface area (Å²) in [5.74, 6) is 0.459. The van der Waals surface area contributed by atoms with Gasteiger partial charge in [-0.05, 0) is 66.1 Å². The second-order valence-corrected chi connectivity index (χ2v) is 13.0. The summed E-state index contributed by atoms with van der Waals surface area (Å²) in [5, 5.41) is 11.1. The number of ether oxygens (including phenoxy) is 2. The molecule has 0 bridgehead atoms. The lowest BCUT2D eigenvalue weighted by Crippen LogP contribution is -2.39. The van der Waals surface area contributed by atoms with Crippen LogP contribution in [0.3, 0.4) is 0 Å². The Bertz CT molecular complexity index is 1630. The van der Waals surface area contributed by atoms with Crippen molar-refractivity contribution in [3.05, 3.63) is 89.6 Å². The quantitative estimate of drug-likeness (QED) is 0.437. The zero-order valence-corrected chi connectivity index (χ0v) is 25.5. The lowest BCUT2D eigenvalue weighted by atomic mass is 9.78. The van der Waals surface area contributed by atoms with Crippen molar-refractivity contribution in [3.63, 3.8) is 0 Å². The molecule has 0 fully saturated rings. The molecule has 4 rings (SSSR count). The molecule has 0 spiro atoms. The molecule has 212 valence electrons. The van der Waals surface area contributed by atoms with Crippen LogP contribution in [0.2, 0.25) is 0 Å². The summed E-state index contributed by atoms with van der Waals surface area (Å²) >= 11 is 1.28. The van der Waals surface area contributed by atoms with Crippen molar-refractivity contribution < 1.29 is 19.4 Å². The van der Waals surface area contributed by atoms with Gasteiger partial charge in [-0.3, -0.25) is 9.36 Å². The Labute approximate surface area is 239 Å². The van der Waals surface area contributed by atoms with Crippen molar-refractivity contribution >= 4 is 23.4 Å². The van der Waals surface area contributed by atoms with Gasteiger partial charge in [-0.1, -0.05) is 65.0 Å². The standard InChI is InChI=1S/C32H38N2O5S/c1-10-39-29(37)25-18(2)33-30-34(26(25)20-11-13-21(38-9)14-12-20)28(36)24(40-30)17-19-15-22(31(3,4)5)27(35)23(16-19)32(6,7)8/h11-17,26,35H,10H2,1-9H3/t26-/m1/s1. The van der Waals surface area contributed by atoms with E-state index in [1.165, 1.54) is 11.3 Å². The highest BCUT2D eigenvalue weighted by molar-refractivity contribution is 7.07. The number of hydrogen-bond donors (Lipinski definition) is 1. The highest BCUT2D eigenvalue weighted by Gasteiger charge is 2.33. The van der Waals surface area contributed by atoms with Crippen molar-refractivity contribution in [2.24, 2.45) is 4.99 Å². The number of benzene rings is 2. The van der Waals surface area contributed by atoms with E-state index in [9.17, 15) is 14.7 Å². The third-order valence-electron chi connectivity index (χ3n) is 6.99. The van der Waals surface area contributed by atoms with E-state index in [2.05, 4.69) is 46.5 Å². The summed E-state index contributed by atoms with van der Waals surface area (Å²) in [6.07, 6.45) is 1.85. The summed E-state index contributed by atoms with van der Waals surface area (Å²) in [6.45, 7) is 16.1. The first kappa shape index (κ1) is 29.3. The Morgan fingerprint density at radius 3 is 2.15 bits per heavy atom. The van der Waals surface area contributed by atoms with Gasteiger partial charge in [-0.2, -0.15) is 0 Å². The van der Waals surface area contributed by atoms with E-state index < -0.39 is 12.0 Å². The SMILES string of the molecule is CCOC(=O)C1=C(C)N=c2sc(=Cc3cc(C(C)(C)C)c(O)c(C(C)(C)C)c3)c(=O)n2[C@@H]1c1ccc(OC)cc1. The van der Waals surface area contributed by atoms with Crippen LogP contribution in [0, 0.1) is 0 Å². The van der Waals surface area contributed by atoms with Gasteiger partial charge in [0.15, 0.2) is 4.80 Å². The lowest BCUT2D eigenvalue weighted by Gasteiger charge is -2.27. The molecule has 1 N–H and O–H groups in total. The predicted octanol–water partition coefficient (Wildman–Crippen LogP) is 5.11. The lowest BCUT2D eigenvalue weighted by molar-refractivity contribution is -0.139. The number of aromatic nitrogens is 1. The molecule has 7 nitrogen and oxygen atoms in total. The van der Waals surface area contributed by atoms with Crippen molar-refractivity contribution in [3.8, 4) is 11.5 Å². The number of nitrogens with zero attached hydrogens (tertiary/aromatic N) is 2. The fourth-order valence-electron chi connectivity index (χ4n) is 4.93. The molecule has 1 aliphatic heterocycles.